The molecule has 0 saturated heterocycles. The maximum absolute atomic E-state index is 11.8. The summed E-state index contributed by atoms with van der Waals surface area (Å²) in [6, 6.07) is 7.52. The number of fused-ring (bicyclic) bond motifs is 1. The summed E-state index contributed by atoms with van der Waals surface area (Å²) in [5.41, 5.74) is 1.12. The Morgan fingerprint density at radius 3 is 2.83 bits per heavy atom. The zero-order valence-corrected chi connectivity index (χ0v) is 10.7. The lowest BCUT2D eigenvalue weighted by atomic mass is 10.2. The third-order valence-electron chi connectivity index (χ3n) is 2.44. The number of halogens is 1. The molecule has 0 atom stereocenters. The van der Waals surface area contributed by atoms with E-state index in [4.69, 9.17) is 0 Å². The molecule has 3 aromatic rings. The van der Waals surface area contributed by atoms with Gasteiger partial charge in [0.15, 0.2) is 11.2 Å². The van der Waals surface area contributed by atoms with Crippen molar-refractivity contribution in [2.75, 3.05) is 0 Å². The van der Waals surface area contributed by atoms with Crippen LogP contribution in [-0.4, -0.2) is 19.9 Å². The zero-order chi connectivity index (χ0) is 12.5. The minimum atomic E-state index is -0.289. The van der Waals surface area contributed by atoms with E-state index in [1.54, 1.807) is 0 Å². The predicted octanol–water partition coefficient (Wildman–Crippen LogP) is 2.14. The molecule has 5 nitrogen and oxygen atoms in total. The number of H-pyrrole nitrogens is 1. The maximum atomic E-state index is 11.8. The monoisotopic (exact) mass is 302 g/mol. The van der Waals surface area contributed by atoms with Crippen molar-refractivity contribution in [1.29, 1.82) is 0 Å². The van der Waals surface area contributed by atoms with E-state index in [9.17, 15) is 4.79 Å². The molecule has 0 amide bonds. The Hall–Kier alpha value is -2.08. The fourth-order valence-corrected chi connectivity index (χ4v) is 2.04. The average molecular weight is 303 g/mol. The van der Waals surface area contributed by atoms with E-state index >= 15 is 0 Å². The van der Waals surface area contributed by atoms with Gasteiger partial charge >= 0.3 is 0 Å². The molecule has 0 aliphatic heterocycles. The molecular formula is C12H7BrN4O. The fourth-order valence-electron chi connectivity index (χ4n) is 1.65. The fraction of sp³-hybridized carbons (Fsp3) is 0. The van der Waals surface area contributed by atoms with Crippen LogP contribution < -0.4 is 5.56 Å². The quantitative estimate of drug-likeness (QED) is 0.747. The minimum absolute atomic E-state index is 0.247. The molecule has 0 spiro atoms. The number of rotatable bonds is 1. The highest BCUT2D eigenvalue weighted by molar-refractivity contribution is 9.10. The number of aromatic nitrogens is 4. The maximum Gasteiger partial charge on any atom is 0.279 e. The molecule has 88 valence electrons. The molecule has 2 aromatic heterocycles. The Labute approximate surface area is 110 Å². The molecule has 18 heavy (non-hydrogen) atoms. The van der Waals surface area contributed by atoms with Gasteiger partial charge in [-0.05, 0) is 12.1 Å². The molecule has 0 fully saturated rings. The van der Waals surface area contributed by atoms with Gasteiger partial charge in [-0.15, -0.1) is 0 Å². The van der Waals surface area contributed by atoms with Crippen LogP contribution in [-0.2, 0) is 0 Å². The summed E-state index contributed by atoms with van der Waals surface area (Å²) < 4.78 is 0.918. The zero-order valence-electron chi connectivity index (χ0n) is 9.09. The van der Waals surface area contributed by atoms with Gasteiger partial charge < -0.3 is 4.98 Å². The number of aromatic amines is 1. The lowest BCUT2D eigenvalue weighted by molar-refractivity contribution is 1.12. The Morgan fingerprint density at radius 2 is 2.00 bits per heavy atom. The first-order valence-electron chi connectivity index (χ1n) is 5.21. The lowest BCUT2D eigenvalue weighted by Crippen LogP contribution is -2.11. The molecule has 0 aliphatic rings. The molecule has 1 aromatic carbocycles. The largest absolute Gasteiger partial charge is 0.305 e. The minimum Gasteiger partial charge on any atom is -0.305 e. The standard InChI is InChI=1S/C12H7BrN4O/c13-8-3-1-2-7(6-8)10-16-11-9(12(18)17-10)14-4-5-15-11/h1-6H,(H,15,16,17,18). The van der Waals surface area contributed by atoms with E-state index < -0.39 is 0 Å². The number of hydrogen-bond acceptors (Lipinski definition) is 4. The van der Waals surface area contributed by atoms with Crippen LogP contribution in [0, 0.1) is 0 Å². The average Bonchev–Trinajstić information content (AvgIpc) is 2.39. The van der Waals surface area contributed by atoms with Crippen LogP contribution in [0.4, 0.5) is 0 Å². The summed E-state index contributed by atoms with van der Waals surface area (Å²) in [7, 11) is 0. The first kappa shape index (κ1) is 11.0. The third-order valence-corrected chi connectivity index (χ3v) is 2.93. The van der Waals surface area contributed by atoms with E-state index in [0.717, 1.165) is 10.0 Å². The van der Waals surface area contributed by atoms with Crippen molar-refractivity contribution in [2.24, 2.45) is 0 Å². The number of hydrogen-bond donors (Lipinski definition) is 1. The molecule has 0 saturated carbocycles. The van der Waals surface area contributed by atoms with Gasteiger partial charge in [-0.1, -0.05) is 28.1 Å². The summed E-state index contributed by atoms with van der Waals surface area (Å²) in [5, 5.41) is 0. The van der Waals surface area contributed by atoms with E-state index in [-0.39, 0.29) is 11.1 Å². The van der Waals surface area contributed by atoms with Crippen molar-refractivity contribution in [3.05, 3.63) is 51.5 Å². The van der Waals surface area contributed by atoms with Crippen molar-refractivity contribution in [2.45, 2.75) is 0 Å². The molecule has 6 heteroatoms. The summed E-state index contributed by atoms with van der Waals surface area (Å²) in [6.07, 6.45) is 2.98. The van der Waals surface area contributed by atoms with Crippen molar-refractivity contribution < 1.29 is 0 Å². The van der Waals surface area contributed by atoms with Crippen LogP contribution in [0.5, 0.6) is 0 Å². The van der Waals surface area contributed by atoms with Gasteiger partial charge in [0, 0.05) is 22.4 Å². The van der Waals surface area contributed by atoms with Crippen LogP contribution in [0.3, 0.4) is 0 Å². The van der Waals surface area contributed by atoms with Crippen LogP contribution in [0.2, 0.25) is 0 Å². The highest BCUT2D eigenvalue weighted by Gasteiger charge is 2.07. The van der Waals surface area contributed by atoms with Crippen molar-refractivity contribution in [1.82, 2.24) is 19.9 Å². The molecule has 3 rings (SSSR count). The van der Waals surface area contributed by atoms with Crippen LogP contribution in [0.15, 0.2) is 45.9 Å². The highest BCUT2D eigenvalue weighted by Crippen LogP contribution is 2.19. The van der Waals surface area contributed by atoms with Gasteiger partial charge in [0.1, 0.15) is 5.82 Å². The predicted molar refractivity (Wildman–Crippen MR) is 71.1 cm³/mol. The number of nitrogens with one attached hydrogen (secondary N) is 1. The SMILES string of the molecule is O=c1[nH]c(-c2cccc(Br)c2)nc2nccnc12. The van der Waals surface area contributed by atoms with E-state index in [0.29, 0.717) is 11.5 Å². The summed E-state index contributed by atoms with van der Waals surface area (Å²) >= 11 is 3.38. The highest BCUT2D eigenvalue weighted by atomic mass is 79.9. The van der Waals surface area contributed by atoms with Gasteiger partial charge in [0.25, 0.3) is 5.56 Å². The molecule has 0 aliphatic carbocycles. The Kier molecular flexibility index (Phi) is 2.64. The van der Waals surface area contributed by atoms with Gasteiger partial charge in [-0.3, -0.25) is 4.79 Å². The summed E-state index contributed by atoms with van der Waals surface area (Å²) in [5.74, 6) is 0.481. The second-order valence-electron chi connectivity index (χ2n) is 3.65. The van der Waals surface area contributed by atoms with Gasteiger partial charge in [0.2, 0.25) is 0 Å². The number of nitrogens with zero attached hydrogens (tertiary/aromatic N) is 3. The van der Waals surface area contributed by atoms with Gasteiger partial charge in [-0.2, -0.15) is 0 Å². The molecule has 2 heterocycles. The topological polar surface area (TPSA) is 71.5 Å². The molecule has 0 bridgehead atoms. The molecule has 1 N–H and O–H groups in total. The first-order valence-corrected chi connectivity index (χ1v) is 6.00. The van der Waals surface area contributed by atoms with Gasteiger partial charge in [-0.25, -0.2) is 15.0 Å². The van der Waals surface area contributed by atoms with E-state index in [1.165, 1.54) is 12.4 Å². The molecule has 0 unspecified atom stereocenters. The summed E-state index contributed by atoms with van der Waals surface area (Å²) in [6.45, 7) is 0. The smallest absolute Gasteiger partial charge is 0.279 e. The third kappa shape index (κ3) is 1.91. The molecule has 0 radical (unpaired) electrons. The van der Waals surface area contributed by atoms with E-state index in [2.05, 4.69) is 35.9 Å². The van der Waals surface area contributed by atoms with Crippen molar-refractivity contribution in [3.8, 4) is 11.4 Å². The number of benzene rings is 1. The van der Waals surface area contributed by atoms with Crippen LogP contribution in [0.25, 0.3) is 22.6 Å². The van der Waals surface area contributed by atoms with Gasteiger partial charge in [0.05, 0.1) is 0 Å². The van der Waals surface area contributed by atoms with E-state index in [1.807, 2.05) is 24.3 Å². The lowest BCUT2D eigenvalue weighted by Gasteiger charge is -2.02. The van der Waals surface area contributed by atoms with Crippen molar-refractivity contribution in [3.63, 3.8) is 0 Å². The molecular weight excluding hydrogens is 296 g/mol. The van der Waals surface area contributed by atoms with Crippen molar-refractivity contribution >= 4 is 27.1 Å². The Bertz CT molecular complexity index is 784. The first-order chi connectivity index (χ1) is 8.74. The Morgan fingerprint density at radius 1 is 1.17 bits per heavy atom. The second kappa shape index (κ2) is 4.30. The van der Waals surface area contributed by atoms with Crippen LogP contribution in [0.1, 0.15) is 0 Å². The normalized spacial score (nSPS) is 10.7. The second-order valence-corrected chi connectivity index (χ2v) is 4.57. The summed E-state index contributed by atoms with van der Waals surface area (Å²) in [4.78, 5) is 26.8. The Balaban J connectivity index is 2.28. The van der Waals surface area contributed by atoms with Crippen LogP contribution >= 0.6 is 15.9 Å².